The third-order valence-electron chi connectivity index (χ3n) is 3.70. The van der Waals surface area contributed by atoms with Gasteiger partial charge in [0.25, 0.3) is 0 Å². The van der Waals surface area contributed by atoms with Crippen molar-refractivity contribution in [2.45, 2.75) is 19.8 Å². The second kappa shape index (κ2) is 11.2. The molecule has 0 spiro atoms. The van der Waals surface area contributed by atoms with Gasteiger partial charge in [-0.15, -0.1) is 0 Å². The van der Waals surface area contributed by atoms with Crippen molar-refractivity contribution < 1.29 is 28.6 Å². The highest BCUT2D eigenvalue weighted by molar-refractivity contribution is 14.1. The lowest BCUT2D eigenvalue weighted by molar-refractivity contribution is -0.162. The summed E-state index contributed by atoms with van der Waals surface area (Å²) in [5, 5.41) is 0. The van der Waals surface area contributed by atoms with Crippen LogP contribution in [0.25, 0.3) is 0 Å². The van der Waals surface area contributed by atoms with Crippen LogP contribution in [0.2, 0.25) is 0 Å². The van der Waals surface area contributed by atoms with Gasteiger partial charge in [-0.2, -0.15) is 0 Å². The number of hydrogen-bond donors (Lipinski definition) is 0. The molecule has 1 unspecified atom stereocenters. The first kappa shape index (κ1) is 21.6. The van der Waals surface area contributed by atoms with E-state index in [-0.39, 0.29) is 18.8 Å². The van der Waals surface area contributed by atoms with Gasteiger partial charge >= 0.3 is 11.9 Å². The number of ketones is 1. The Morgan fingerprint density at radius 2 is 1.68 bits per heavy atom. The van der Waals surface area contributed by atoms with Gasteiger partial charge in [0, 0.05) is 30.1 Å². The topological polar surface area (TPSA) is 78.9 Å². The van der Waals surface area contributed by atoms with E-state index in [4.69, 9.17) is 9.47 Å². The van der Waals surface area contributed by atoms with Crippen molar-refractivity contribution in [1.29, 1.82) is 0 Å². The lowest BCUT2D eigenvalue weighted by Gasteiger charge is -2.20. The highest BCUT2D eigenvalue weighted by Crippen LogP contribution is 2.20. The summed E-state index contributed by atoms with van der Waals surface area (Å²) in [6, 6.07) is 7.41. The minimum Gasteiger partial charge on any atom is -0.469 e. The summed E-state index contributed by atoms with van der Waals surface area (Å²) in [4.78, 5) is 36.8. The van der Waals surface area contributed by atoms with E-state index in [1.54, 1.807) is 7.11 Å². The van der Waals surface area contributed by atoms with Crippen molar-refractivity contribution in [1.82, 2.24) is 0 Å². The van der Waals surface area contributed by atoms with Crippen LogP contribution in [0.1, 0.15) is 18.9 Å². The van der Waals surface area contributed by atoms with Gasteiger partial charge in [-0.05, 0) is 40.3 Å². The molecule has 7 heteroatoms. The number of carbonyl (C=O) groups is 3. The Balaban J connectivity index is 2.84. The van der Waals surface area contributed by atoms with Crippen LogP contribution >= 0.6 is 22.6 Å². The quantitative estimate of drug-likeness (QED) is 0.230. The summed E-state index contributed by atoms with van der Waals surface area (Å²) in [7, 11) is 2.78. The predicted octanol–water partition coefficient (Wildman–Crippen LogP) is 2.41. The summed E-state index contributed by atoms with van der Waals surface area (Å²) in [6.07, 6.45) is 0.572. The molecule has 0 radical (unpaired) electrons. The number of hydrogen-bond acceptors (Lipinski definition) is 6. The van der Waals surface area contributed by atoms with E-state index in [2.05, 4.69) is 27.3 Å². The molecule has 0 fully saturated rings. The van der Waals surface area contributed by atoms with Crippen molar-refractivity contribution in [2.75, 3.05) is 27.4 Å². The predicted molar refractivity (Wildman–Crippen MR) is 100.0 cm³/mol. The van der Waals surface area contributed by atoms with Gasteiger partial charge in [0.05, 0.1) is 19.6 Å². The highest BCUT2D eigenvalue weighted by Gasteiger charge is 2.37. The van der Waals surface area contributed by atoms with Crippen molar-refractivity contribution in [3.63, 3.8) is 0 Å². The van der Waals surface area contributed by atoms with Gasteiger partial charge in [-0.3, -0.25) is 14.4 Å². The second-order valence-electron chi connectivity index (χ2n) is 5.57. The van der Waals surface area contributed by atoms with Crippen molar-refractivity contribution in [3.8, 4) is 0 Å². The van der Waals surface area contributed by atoms with Crippen LogP contribution in [0.5, 0.6) is 0 Å². The molecular formula is C18H23IO6. The van der Waals surface area contributed by atoms with Gasteiger partial charge in [0.2, 0.25) is 0 Å². The zero-order valence-corrected chi connectivity index (χ0v) is 16.8. The van der Waals surface area contributed by atoms with Crippen molar-refractivity contribution in [2.24, 2.45) is 11.8 Å². The molecule has 25 heavy (non-hydrogen) atoms. The van der Waals surface area contributed by atoms with Crippen LogP contribution < -0.4 is 0 Å². The number of carbonyl (C=O) groups excluding carboxylic acids is 3. The van der Waals surface area contributed by atoms with Gasteiger partial charge in [0.1, 0.15) is 5.92 Å². The lowest BCUT2D eigenvalue weighted by Crippen LogP contribution is -2.37. The maximum atomic E-state index is 12.7. The molecule has 0 aliphatic heterocycles. The van der Waals surface area contributed by atoms with Gasteiger partial charge in [0.15, 0.2) is 5.78 Å². The van der Waals surface area contributed by atoms with Crippen LogP contribution in [0.15, 0.2) is 24.3 Å². The monoisotopic (exact) mass is 462 g/mol. The molecular weight excluding hydrogens is 439 g/mol. The van der Waals surface area contributed by atoms with Crippen LogP contribution in [0.4, 0.5) is 0 Å². The number of methoxy groups -OCH3 is 2. The number of esters is 2. The van der Waals surface area contributed by atoms with E-state index in [0.717, 1.165) is 9.13 Å². The molecule has 6 nitrogen and oxygen atoms in total. The summed E-state index contributed by atoms with van der Waals surface area (Å²) in [5.41, 5.74) is 0.777. The molecule has 0 aliphatic carbocycles. The fourth-order valence-corrected chi connectivity index (χ4v) is 2.68. The molecule has 0 saturated carbocycles. The van der Waals surface area contributed by atoms with Gasteiger partial charge < -0.3 is 14.2 Å². The van der Waals surface area contributed by atoms with Crippen LogP contribution in [0.3, 0.4) is 0 Å². The zero-order valence-electron chi connectivity index (χ0n) is 14.6. The fourth-order valence-electron chi connectivity index (χ4n) is 2.32. The SMILES string of the molecule is COCCCOC(=O)C(C(=O)Cc1ccc(I)cc1)[C@@H](C)C(=O)OC. The Morgan fingerprint density at radius 3 is 2.24 bits per heavy atom. The second-order valence-corrected chi connectivity index (χ2v) is 6.82. The standard InChI is InChI=1S/C18H23IO6/c1-12(17(21)24-3)16(18(22)25-10-4-9-23-2)15(20)11-13-5-7-14(19)8-6-13/h5-8,12,16H,4,9-11H2,1-3H3/t12-,16?/m1/s1. The minimum absolute atomic E-state index is 0.0517. The summed E-state index contributed by atoms with van der Waals surface area (Å²) < 4.78 is 15.8. The Bertz CT molecular complexity index is 584. The molecule has 2 atom stereocenters. The van der Waals surface area contributed by atoms with Crippen LogP contribution in [0, 0.1) is 15.4 Å². The molecule has 0 heterocycles. The smallest absolute Gasteiger partial charge is 0.317 e. The summed E-state index contributed by atoms with van der Waals surface area (Å²) in [5.74, 6) is -3.78. The average Bonchev–Trinajstić information content (AvgIpc) is 2.60. The fraction of sp³-hybridized carbons (Fsp3) is 0.500. The van der Waals surface area contributed by atoms with Crippen LogP contribution in [-0.2, 0) is 35.0 Å². The van der Waals surface area contributed by atoms with Crippen LogP contribution in [-0.4, -0.2) is 45.2 Å². The van der Waals surface area contributed by atoms with Gasteiger partial charge in [-0.25, -0.2) is 0 Å². The largest absolute Gasteiger partial charge is 0.469 e. The first-order valence-electron chi connectivity index (χ1n) is 7.91. The molecule has 0 bridgehead atoms. The zero-order chi connectivity index (χ0) is 18.8. The Kier molecular flexibility index (Phi) is 9.66. The van der Waals surface area contributed by atoms with E-state index in [1.807, 2.05) is 24.3 Å². The lowest BCUT2D eigenvalue weighted by atomic mass is 9.87. The molecule has 1 rings (SSSR count). The minimum atomic E-state index is -1.19. The molecule has 1 aromatic carbocycles. The maximum absolute atomic E-state index is 12.7. The number of benzene rings is 1. The molecule has 0 aromatic heterocycles. The molecule has 0 aliphatic rings. The number of ether oxygens (including phenoxy) is 3. The number of rotatable bonds is 10. The highest BCUT2D eigenvalue weighted by atomic mass is 127. The van der Waals surface area contributed by atoms with Gasteiger partial charge in [-0.1, -0.05) is 19.1 Å². The summed E-state index contributed by atoms with van der Waals surface area (Å²) in [6.45, 7) is 2.08. The van der Waals surface area contributed by atoms with Crippen molar-refractivity contribution in [3.05, 3.63) is 33.4 Å². The molecule has 138 valence electrons. The molecule has 1 aromatic rings. The normalized spacial score (nSPS) is 13.0. The number of halogens is 1. The molecule has 0 N–H and O–H groups in total. The van der Waals surface area contributed by atoms with E-state index in [1.165, 1.54) is 14.0 Å². The first-order chi connectivity index (χ1) is 11.9. The summed E-state index contributed by atoms with van der Waals surface area (Å²) >= 11 is 2.17. The first-order valence-corrected chi connectivity index (χ1v) is 8.99. The van der Waals surface area contributed by atoms with E-state index >= 15 is 0 Å². The molecule has 0 saturated heterocycles. The van der Waals surface area contributed by atoms with E-state index in [0.29, 0.717) is 13.0 Å². The third kappa shape index (κ3) is 7.11. The number of Topliss-reactive ketones (excluding diaryl/α,β-unsaturated/α-hetero) is 1. The Labute approximate surface area is 161 Å². The Hall–Kier alpha value is -1.48. The maximum Gasteiger partial charge on any atom is 0.317 e. The van der Waals surface area contributed by atoms with Crippen molar-refractivity contribution >= 4 is 40.3 Å². The van der Waals surface area contributed by atoms with E-state index < -0.39 is 23.8 Å². The average molecular weight is 462 g/mol. The van der Waals surface area contributed by atoms with E-state index in [9.17, 15) is 14.4 Å². The molecule has 0 amide bonds. The Morgan fingerprint density at radius 1 is 1.04 bits per heavy atom. The third-order valence-corrected chi connectivity index (χ3v) is 4.42.